The van der Waals surface area contributed by atoms with Gasteiger partial charge >= 0.3 is 0 Å². The van der Waals surface area contributed by atoms with Crippen LogP contribution in [0.1, 0.15) is 56.4 Å². The molecule has 3 rings (SSSR count). The van der Waals surface area contributed by atoms with Gasteiger partial charge in [0.15, 0.2) is 0 Å². The molecule has 5 nitrogen and oxygen atoms in total. The molecule has 0 fully saturated rings. The Morgan fingerprint density at radius 2 is 2.04 bits per heavy atom. The summed E-state index contributed by atoms with van der Waals surface area (Å²) >= 11 is 0. The molecule has 1 amide bonds. The van der Waals surface area contributed by atoms with Gasteiger partial charge in [-0.1, -0.05) is 23.8 Å². The third kappa shape index (κ3) is 5.84. The van der Waals surface area contributed by atoms with Crippen molar-refractivity contribution in [1.82, 2.24) is 4.98 Å². The lowest BCUT2D eigenvalue weighted by Gasteiger charge is -2.15. The van der Waals surface area contributed by atoms with Gasteiger partial charge in [-0.15, -0.1) is 0 Å². The average molecular weight is 380 g/mol. The van der Waals surface area contributed by atoms with Gasteiger partial charge in [0.05, 0.1) is 23.7 Å². The van der Waals surface area contributed by atoms with Crippen LogP contribution in [0.4, 0.5) is 11.4 Å². The molecule has 0 saturated carbocycles. The Hall–Kier alpha value is -2.82. The zero-order chi connectivity index (χ0) is 19.8. The molecule has 0 unspecified atom stereocenters. The molecule has 2 N–H and O–H groups in total. The molecule has 1 heterocycles. The number of benzene rings is 1. The van der Waals surface area contributed by atoms with Gasteiger partial charge in [0, 0.05) is 6.54 Å². The fourth-order valence-electron chi connectivity index (χ4n) is 3.24. The van der Waals surface area contributed by atoms with E-state index in [1.165, 1.54) is 25.7 Å². The highest BCUT2D eigenvalue weighted by atomic mass is 16.5. The molecular weight excluding hydrogens is 350 g/mol. The Bertz CT molecular complexity index is 813. The van der Waals surface area contributed by atoms with E-state index in [4.69, 9.17) is 4.74 Å². The van der Waals surface area contributed by atoms with E-state index in [0.29, 0.717) is 17.1 Å². The first-order valence-corrected chi connectivity index (χ1v) is 10.1. The highest BCUT2D eigenvalue weighted by Crippen LogP contribution is 2.25. The van der Waals surface area contributed by atoms with E-state index < -0.39 is 0 Å². The summed E-state index contributed by atoms with van der Waals surface area (Å²) in [7, 11) is 0. The van der Waals surface area contributed by atoms with Crippen LogP contribution in [0.25, 0.3) is 0 Å². The van der Waals surface area contributed by atoms with E-state index in [1.54, 1.807) is 17.8 Å². The lowest BCUT2D eigenvalue weighted by molar-refractivity contribution is 0.102. The molecule has 1 aliphatic carbocycles. The van der Waals surface area contributed by atoms with Gasteiger partial charge in [-0.2, -0.15) is 0 Å². The van der Waals surface area contributed by atoms with Crippen molar-refractivity contribution in [2.75, 3.05) is 17.2 Å². The maximum Gasteiger partial charge on any atom is 0.274 e. The van der Waals surface area contributed by atoms with E-state index in [0.717, 1.165) is 18.7 Å². The first-order valence-electron chi connectivity index (χ1n) is 10.1. The fourth-order valence-corrected chi connectivity index (χ4v) is 3.24. The summed E-state index contributed by atoms with van der Waals surface area (Å²) in [4.78, 5) is 16.8. The second-order valence-electron chi connectivity index (χ2n) is 7.33. The quantitative estimate of drug-likeness (QED) is 0.601. The normalized spacial score (nSPS) is 13.8. The number of para-hydroxylation sites is 2. The first-order chi connectivity index (χ1) is 13.6. The largest absolute Gasteiger partial charge is 0.489 e. The molecule has 0 saturated heterocycles. The van der Waals surface area contributed by atoms with Crippen LogP contribution in [0.3, 0.4) is 0 Å². The zero-order valence-electron chi connectivity index (χ0n) is 16.7. The molecule has 1 aromatic heterocycles. The molecule has 0 spiro atoms. The van der Waals surface area contributed by atoms with Gasteiger partial charge in [0.2, 0.25) is 0 Å². The minimum absolute atomic E-state index is 0.0332. The number of anilines is 2. The maximum absolute atomic E-state index is 12.5. The number of nitrogens with one attached hydrogen (secondary N) is 2. The molecule has 2 aromatic rings. The predicted octanol–water partition coefficient (Wildman–Crippen LogP) is 5.42. The number of rotatable bonds is 8. The number of carbonyl (C=O) groups excluding carboxylic acids is 1. The fraction of sp³-hybridized carbons (Fsp3) is 0.391. The molecule has 28 heavy (non-hydrogen) atoms. The number of carbonyl (C=O) groups is 1. The lowest BCUT2D eigenvalue weighted by Crippen LogP contribution is -2.16. The number of nitrogens with zero attached hydrogens (tertiary/aromatic N) is 1. The molecule has 1 aromatic carbocycles. The summed E-state index contributed by atoms with van der Waals surface area (Å²) in [6.45, 7) is 4.80. The summed E-state index contributed by atoms with van der Waals surface area (Å²) in [5.41, 5.74) is 3.49. The monoisotopic (exact) mass is 379 g/mol. The van der Waals surface area contributed by atoms with Crippen molar-refractivity contribution in [1.29, 1.82) is 0 Å². The van der Waals surface area contributed by atoms with E-state index in [2.05, 4.69) is 21.7 Å². The molecule has 0 radical (unpaired) electrons. The standard InChI is InChI=1S/C23H29N3O2/c1-17(2)28-22-11-7-6-10-20(22)26-23(27)21-13-12-19(16-25-21)24-15-14-18-8-4-3-5-9-18/h6-8,10-13,16-17,24H,3-5,9,14-15H2,1-2H3,(H,26,27). The number of allylic oxidation sites excluding steroid dienone is 1. The third-order valence-electron chi connectivity index (χ3n) is 4.65. The second-order valence-corrected chi connectivity index (χ2v) is 7.33. The van der Waals surface area contributed by atoms with Crippen LogP contribution in [0, 0.1) is 0 Å². The summed E-state index contributed by atoms with van der Waals surface area (Å²) in [5.74, 6) is 0.403. The molecule has 0 atom stereocenters. The molecule has 5 heteroatoms. The minimum atomic E-state index is -0.251. The number of ether oxygens (including phenoxy) is 1. The maximum atomic E-state index is 12.5. The Morgan fingerprint density at radius 3 is 2.75 bits per heavy atom. The SMILES string of the molecule is CC(C)Oc1ccccc1NC(=O)c1ccc(NCCC2=CCCCC2)cn1. The van der Waals surface area contributed by atoms with Gasteiger partial charge in [-0.25, -0.2) is 4.98 Å². The molecule has 0 aliphatic heterocycles. The number of pyridine rings is 1. The highest BCUT2D eigenvalue weighted by Gasteiger charge is 2.12. The molecular formula is C23H29N3O2. The van der Waals surface area contributed by atoms with Crippen molar-refractivity contribution in [3.8, 4) is 5.75 Å². The van der Waals surface area contributed by atoms with Crippen molar-refractivity contribution in [3.05, 3.63) is 59.9 Å². The van der Waals surface area contributed by atoms with E-state index in [1.807, 2.05) is 44.2 Å². The van der Waals surface area contributed by atoms with Crippen LogP contribution in [0.2, 0.25) is 0 Å². The van der Waals surface area contributed by atoms with Crippen LogP contribution >= 0.6 is 0 Å². The summed E-state index contributed by atoms with van der Waals surface area (Å²) in [5, 5.41) is 6.27. The number of aromatic nitrogens is 1. The Labute approximate surface area is 167 Å². The Kier molecular flexibility index (Phi) is 7.06. The van der Waals surface area contributed by atoms with Crippen molar-refractivity contribution in [2.45, 2.75) is 52.1 Å². The van der Waals surface area contributed by atoms with E-state index in [9.17, 15) is 4.79 Å². The van der Waals surface area contributed by atoms with E-state index >= 15 is 0 Å². The average Bonchev–Trinajstić information content (AvgIpc) is 2.70. The first kappa shape index (κ1) is 19.9. The van der Waals surface area contributed by atoms with Gasteiger partial charge in [0.1, 0.15) is 11.4 Å². The van der Waals surface area contributed by atoms with Crippen LogP contribution in [-0.2, 0) is 0 Å². The number of amides is 1. The van der Waals surface area contributed by atoms with Crippen LogP contribution in [0.15, 0.2) is 54.2 Å². The minimum Gasteiger partial charge on any atom is -0.489 e. The second kappa shape index (κ2) is 9.93. The molecule has 148 valence electrons. The number of hydrogen-bond acceptors (Lipinski definition) is 4. The molecule has 1 aliphatic rings. The summed E-state index contributed by atoms with van der Waals surface area (Å²) < 4.78 is 5.75. The van der Waals surface area contributed by atoms with E-state index in [-0.39, 0.29) is 12.0 Å². The van der Waals surface area contributed by atoms with Crippen LogP contribution in [0.5, 0.6) is 5.75 Å². The summed E-state index contributed by atoms with van der Waals surface area (Å²) in [6.07, 6.45) is 10.2. The Morgan fingerprint density at radius 1 is 1.18 bits per heavy atom. The van der Waals surface area contributed by atoms with Crippen molar-refractivity contribution < 1.29 is 9.53 Å². The van der Waals surface area contributed by atoms with Gasteiger partial charge in [-0.3, -0.25) is 4.79 Å². The van der Waals surface area contributed by atoms with Gasteiger partial charge < -0.3 is 15.4 Å². The Balaban J connectivity index is 1.54. The summed E-state index contributed by atoms with van der Waals surface area (Å²) in [6, 6.07) is 11.1. The number of hydrogen-bond donors (Lipinski definition) is 2. The highest BCUT2D eigenvalue weighted by molar-refractivity contribution is 6.03. The van der Waals surface area contributed by atoms with Gasteiger partial charge in [-0.05, 0) is 70.2 Å². The van der Waals surface area contributed by atoms with Gasteiger partial charge in [0.25, 0.3) is 5.91 Å². The zero-order valence-corrected chi connectivity index (χ0v) is 16.7. The van der Waals surface area contributed by atoms with Crippen molar-refractivity contribution in [2.24, 2.45) is 0 Å². The van der Waals surface area contributed by atoms with Crippen LogP contribution in [-0.4, -0.2) is 23.5 Å². The molecule has 0 bridgehead atoms. The van der Waals surface area contributed by atoms with Crippen LogP contribution < -0.4 is 15.4 Å². The lowest BCUT2D eigenvalue weighted by atomic mass is 9.97. The predicted molar refractivity (Wildman–Crippen MR) is 114 cm³/mol. The van der Waals surface area contributed by atoms with Crippen molar-refractivity contribution >= 4 is 17.3 Å². The topological polar surface area (TPSA) is 63.2 Å². The van der Waals surface area contributed by atoms with Crippen molar-refractivity contribution in [3.63, 3.8) is 0 Å². The third-order valence-corrected chi connectivity index (χ3v) is 4.65. The smallest absolute Gasteiger partial charge is 0.274 e.